The largest absolute Gasteiger partial charge is 0.490 e. The Balaban J connectivity index is 1.48. The zero-order valence-corrected chi connectivity index (χ0v) is 17.4. The Hall–Kier alpha value is -2.12. The second-order valence-corrected chi connectivity index (χ2v) is 7.71. The van der Waals surface area contributed by atoms with Crippen LogP contribution in [0, 0.1) is 0 Å². The van der Waals surface area contributed by atoms with Gasteiger partial charge in [-0.2, -0.15) is 0 Å². The van der Waals surface area contributed by atoms with Crippen LogP contribution in [-0.4, -0.2) is 80.2 Å². The van der Waals surface area contributed by atoms with Gasteiger partial charge in [0.25, 0.3) is 5.91 Å². The van der Waals surface area contributed by atoms with E-state index in [4.69, 9.17) is 9.47 Å². The molecule has 2 fully saturated rings. The van der Waals surface area contributed by atoms with Gasteiger partial charge in [0.1, 0.15) is 12.4 Å². The number of piperazine rings is 1. The van der Waals surface area contributed by atoms with Crippen molar-refractivity contribution in [3.63, 3.8) is 0 Å². The lowest BCUT2D eigenvalue weighted by atomic mass is 10.1. The maximum absolute atomic E-state index is 13.0. The number of benzene rings is 1. The Morgan fingerprint density at radius 2 is 2.00 bits per heavy atom. The molecule has 1 unspecified atom stereocenters. The number of carbonyl (C=O) groups excluding carboxylic acids is 2. The fraction of sp³-hybridized carbons (Fsp3) is 0.636. The van der Waals surface area contributed by atoms with E-state index in [-0.39, 0.29) is 17.9 Å². The number of carbonyl (C=O) groups is 2. The summed E-state index contributed by atoms with van der Waals surface area (Å²) in [6.07, 6.45) is 4.26. The number of unbranched alkanes of at least 4 members (excludes halogenated alkanes) is 1. The minimum Gasteiger partial charge on any atom is -0.490 e. The molecule has 1 aromatic carbocycles. The molecule has 0 aromatic heterocycles. The van der Waals surface area contributed by atoms with Crippen molar-refractivity contribution >= 4 is 11.8 Å². The number of hydrogen-bond donors (Lipinski definition) is 1. The maximum atomic E-state index is 13.0. The molecule has 0 bridgehead atoms. The van der Waals surface area contributed by atoms with Crippen molar-refractivity contribution < 1.29 is 19.1 Å². The van der Waals surface area contributed by atoms with Gasteiger partial charge >= 0.3 is 0 Å². The number of nitrogens with zero attached hydrogens (tertiary/aromatic N) is 2. The highest BCUT2D eigenvalue weighted by Gasteiger charge is 2.25. The van der Waals surface area contributed by atoms with Gasteiger partial charge in [-0.05, 0) is 31.4 Å². The van der Waals surface area contributed by atoms with Crippen molar-refractivity contribution in [1.29, 1.82) is 0 Å². The number of nitrogens with one attached hydrogen (secondary N) is 1. The molecule has 2 aliphatic rings. The summed E-state index contributed by atoms with van der Waals surface area (Å²) in [7, 11) is 0. The zero-order valence-electron chi connectivity index (χ0n) is 17.4. The molecule has 160 valence electrons. The molecule has 1 atom stereocenters. The third-order valence-electron chi connectivity index (χ3n) is 5.45. The highest BCUT2D eigenvalue weighted by molar-refractivity contribution is 5.97. The summed E-state index contributed by atoms with van der Waals surface area (Å²) in [5.41, 5.74) is 0.594. The molecule has 1 N–H and O–H groups in total. The lowest BCUT2D eigenvalue weighted by Gasteiger charge is -2.34. The van der Waals surface area contributed by atoms with Gasteiger partial charge in [-0.15, -0.1) is 0 Å². The molecule has 0 saturated carbocycles. The second kappa shape index (κ2) is 11.2. The molecule has 1 aromatic rings. The van der Waals surface area contributed by atoms with Gasteiger partial charge < -0.3 is 19.7 Å². The van der Waals surface area contributed by atoms with Crippen molar-refractivity contribution in [1.82, 2.24) is 15.1 Å². The lowest BCUT2D eigenvalue weighted by molar-refractivity contribution is -0.122. The summed E-state index contributed by atoms with van der Waals surface area (Å²) in [5, 5.41) is 2.95. The van der Waals surface area contributed by atoms with Crippen LogP contribution < -0.4 is 10.1 Å². The molecule has 2 aliphatic heterocycles. The first kappa shape index (κ1) is 21.6. The van der Waals surface area contributed by atoms with Crippen LogP contribution >= 0.6 is 0 Å². The summed E-state index contributed by atoms with van der Waals surface area (Å²) in [6, 6.07) is 7.42. The van der Waals surface area contributed by atoms with Gasteiger partial charge in [-0.3, -0.25) is 14.5 Å². The van der Waals surface area contributed by atoms with Gasteiger partial charge in [0.15, 0.2) is 0 Å². The second-order valence-electron chi connectivity index (χ2n) is 7.71. The number of amides is 2. The number of hydrogen-bond acceptors (Lipinski definition) is 5. The fourth-order valence-corrected chi connectivity index (χ4v) is 3.67. The third kappa shape index (κ3) is 6.44. The SMILES string of the molecule is CCCCNC(=O)CN1CCN(C(=O)c2ccccc2OCC2CCCO2)CC1. The standard InChI is InChI=1S/C22H33N3O4/c1-2-3-10-23-21(26)16-24-11-13-25(14-12-24)22(27)19-8-4-5-9-20(19)29-17-18-7-6-15-28-18/h4-5,8-9,18H,2-3,6-7,10-17H2,1H3,(H,23,26). The molecular weight excluding hydrogens is 370 g/mol. The Bertz CT molecular complexity index is 668. The van der Waals surface area contributed by atoms with E-state index in [1.54, 1.807) is 0 Å². The van der Waals surface area contributed by atoms with E-state index in [9.17, 15) is 9.59 Å². The third-order valence-corrected chi connectivity index (χ3v) is 5.45. The van der Waals surface area contributed by atoms with E-state index < -0.39 is 0 Å². The van der Waals surface area contributed by atoms with E-state index >= 15 is 0 Å². The Morgan fingerprint density at radius 1 is 1.21 bits per heavy atom. The van der Waals surface area contributed by atoms with E-state index in [1.165, 1.54) is 0 Å². The Kier molecular flexibility index (Phi) is 8.31. The molecule has 0 spiro atoms. The Labute approximate surface area is 173 Å². The molecule has 29 heavy (non-hydrogen) atoms. The molecule has 7 nitrogen and oxygen atoms in total. The molecule has 2 saturated heterocycles. The van der Waals surface area contributed by atoms with E-state index in [1.807, 2.05) is 29.2 Å². The van der Waals surface area contributed by atoms with Crippen molar-refractivity contribution in [3.8, 4) is 5.75 Å². The van der Waals surface area contributed by atoms with Crippen LogP contribution in [0.3, 0.4) is 0 Å². The van der Waals surface area contributed by atoms with Crippen LogP contribution in [0.4, 0.5) is 0 Å². The van der Waals surface area contributed by atoms with Crippen molar-refractivity contribution in [2.75, 3.05) is 52.5 Å². The summed E-state index contributed by atoms with van der Waals surface area (Å²) in [6.45, 7) is 7.12. The van der Waals surface area contributed by atoms with Crippen LogP contribution in [0.1, 0.15) is 43.0 Å². The number of para-hydroxylation sites is 1. The van der Waals surface area contributed by atoms with E-state index in [0.29, 0.717) is 50.6 Å². The highest BCUT2D eigenvalue weighted by Crippen LogP contribution is 2.22. The number of rotatable bonds is 9. The molecule has 2 amide bonds. The number of ether oxygens (including phenoxy) is 2. The molecular formula is C22H33N3O4. The van der Waals surface area contributed by atoms with Gasteiger partial charge in [0, 0.05) is 39.3 Å². The van der Waals surface area contributed by atoms with Gasteiger partial charge in [-0.1, -0.05) is 25.5 Å². The summed E-state index contributed by atoms with van der Waals surface area (Å²) in [5.74, 6) is 0.664. The van der Waals surface area contributed by atoms with Crippen LogP contribution in [0.15, 0.2) is 24.3 Å². The van der Waals surface area contributed by atoms with Gasteiger partial charge in [0.2, 0.25) is 5.91 Å². The molecule has 0 radical (unpaired) electrons. The van der Waals surface area contributed by atoms with Crippen LogP contribution in [0.25, 0.3) is 0 Å². The normalized spacial score (nSPS) is 19.9. The average Bonchev–Trinajstić information content (AvgIpc) is 3.26. The van der Waals surface area contributed by atoms with E-state index in [2.05, 4.69) is 17.1 Å². The van der Waals surface area contributed by atoms with Crippen molar-refractivity contribution in [2.24, 2.45) is 0 Å². The predicted molar refractivity (Wildman–Crippen MR) is 111 cm³/mol. The molecule has 3 rings (SSSR count). The lowest BCUT2D eigenvalue weighted by Crippen LogP contribution is -2.51. The minimum atomic E-state index is -0.0139. The molecule has 7 heteroatoms. The van der Waals surface area contributed by atoms with Crippen LogP contribution in [0.5, 0.6) is 5.75 Å². The zero-order chi connectivity index (χ0) is 20.5. The first-order valence-electron chi connectivity index (χ1n) is 10.8. The van der Waals surface area contributed by atoms with E-state index in [0.717, 1.165) is 38.8 Å². The first-order valence-corrected chi connectivity index (χ1v) is 10.8. The smallest absolute Gasteiger partial charge is 0.257 e. The summed E-state index contributed by atoms with van der Waals surface area (Å²) < 4.78 is 11.5. The topological polar surface area (TPSA) is 71.1 Å². The van der Waals surface area contributed by atoms with Gasteiger partial charge in [-0.25, -0.2) is 0 Å². The minimum absolute atomic E-state index is 0.0139. The molecule has 2 heterocycles. The Morgan fingerprint density at radius 3 is 2.72 bits per heavy atom. The van der Waals surface area contributed by atoms with Crippen LogP contribution in [0.2, 0.25) is 0 Å². The van der Waals surface area contributed by atoms with Crippen molar-refractivity contribution in [3.05, 3.63) is 29.8 Å². The monoisotopic (exact) mass is 403 g/mol. The van der Waals surface area contributed by atoms with Crippen molar-refractivity contribution in [2.45, 2.75) is 38.7 Å². The average molecular weight is 404 g/mol. The maximum Gasteiger partial charge on any atom is 0.257 e. The fourth-order valence-electron chi connectivity index (χ4n) is 3.67. The first-order chi connectivity index (χ1) is 14.2. The van der Waals surface area contributed by atoms with Gasteiger partial charge in [0.05, 0.1) is 18.2 Å². The molecule has 0 aliphatic carbocycles. The quantitative estimate of drug-likeness (QED) is 0.638. The highest BCUT2D eigenvalue weighted by atomic mass is 16.5. The predicted octanol–water partition coefficient (Wildman–Crippen LogP) is 1.92. The summed E-state index contributed by atoms with van der Waals surface area (Å²) in [4.78, 5) is 29.0. The summed E-state index contributed by atoms with van der Waals surface area (Å²) >= 11 is 0. The van der Waals surface area contributed by atoms with Crippen LogP contribution in [-0.2, 0) is 9.53 Å².